The fourth-order valence-electron chi connectivity index (χ4n) is 1.19. The molecule has 0 amide bonds. The number of phenols is 1. The van der Waals surface area contributed by atoms with Gasteiger partial charge in [-0.05, 0) is 13.0 Å². The Hall–Kier alpha value is -1.00. The van der Waals surface area contributed by atoms with Crippen LogP contribution < -0.4 is 4.74 Å². The van der Waals surface area contributed by atoms with Crippen LogP contribution in [-0.4, -0.2) is 23.9 Å². The van der Waals surface area contributed by atoms with Gasteiger partial charge in [0.2, 0.25) is 0 Å². The van der Waals surface area contributed by atoms with Crippen molar-refractivity contribution >= 4 is 11.6 Å². The Morgan fingerprint density at radius 1 is 1.53 bits per heavy atom. The topological polar surface area (TPSA) is 49.7 Å². The summed E-state index contributed by atoms with van der Waals surface area (Å²) in [6.07, 6.45) is 0. The maximum atomic E-state index is 13.7. The molecule has 15 heavy (non-hydrogen) atoms. The van der Waals surface area contributed by atoms with Crippen molar-refractivity contribution in [3.05, 3.63) is 22.7 Å². The number of hydrogen-bond donors (Lipinski definition) is 2. The van der Waals surface area contributed by atoms with Gasteiger partial charge in [-0.1, -0.05) is 11.6 Å². The Morgan fingerprint density at radius 3 is 2.60 bits per heavy atom. The Labute approximate surface area is 92.1 Å². The van der Waals surface area contributed by atoms with Gasteiger partial charge in [-0.15, -0.1) is 0 Å². The molecule has 0 saturated heterocycles. The zero-order chi connectivity index (χ0) is 11.6. The van der Waals surface area contributed by atoms with Gasteiger partial charge < -0.3 is 14.9 Å². The first-order chi connectivity index (χ1) is 6.92. The van der Waals surface area contributed by atoms with Crippen molar-refractivity contribution in [1.29, 1.82) is 0 Å². The molecule has 0 radical (unpaired) electrons. The van der Waals surface area contributed by atoms with E-state index >= 15 is 0 Å². The number of phenolic OH excluding ortho intramolecular Hbond substituents is 1. The Morgan fingerprint density at radius 2 is 2.13 bits per heavy atom. The van der Waals surface area contributed by atoms with Gasteiger partial charge in [0.15, 0.2) is 17.2 Å². The summed E-state index contributed by atoms with van der Waals surface area (Å²) >= 11 is 5.80. The lowest BCUT2D eigenvalue weighted by atomic mass is 9.98. The lowest BCUT2D eigenvalue weighted by Gasteiger charge is -2.20. The molecule has 0 aliphatic carbocycles. The number of halogens is 2. The summed E-state index contributed by atoms with van der Waals surface area (Å²) < 4.78 is 18.5. The fraction of sp³-hybridized carbons (Fsp3) is 0.400. The Kier molecular flexibility index (Phi) is 3.42. The molecule has 0 heterocycles. The molecule has 0 saturated carbocycles. The molecule has 3 nitrogen and oxygen atoms in total. The van der Waals surface area contributed by atoms with E-state index in [-0.39, 0.29) is 22.1 Å². The van der Waals surface area contributed by atoms with Crippen LogP contribution in [0.4, 0.5) is 4.39 Å². The number of aliphatic hydroxyl groups is 1. The highest BCUT2D eigenvalue weighted by Gasteiger charge is 2.28. The van der Waals surface area contributed by atoms with Crippen molar-refractivity contribution in [2.24, 2.45) is 0 Å². The average molecular weight is 235 g/mol. The molecular weight excluding hydrogens is 223 g/mol. The van der Waals surface area contributed by atoms with Crippen molar-refractivity contribution in [2.45, 2.75) is 12.6 Å². The van der Waals surface area contributed by atoms with Crippen LogP contribution >= 0.6 is 11.6 Å². The molecule has 1 unspecified atom stereocenters. The molecule has 5 heteroatoms. The number of benzene rings is 1. The van der Waals surface area contributed by atoms with Crippen LogP contribution in [-0.2, 0) is 5.67 Å². The minimum absolute atomic E-state index is 0.0324. The molecule has 84 valence electrons. The first-order valence-corrected chi connectivity index (χ1v) is 4.67. The predicted molar refractivity (Wildman–Crippen MR) is 55.2 cm³/mol. The molecule has 1 atom stereocenters. The third-order valence-corrected chi connectivity index (χ3v) is 2.44. The van der Waals surface area contributed by atoms with Crippen LogP contribution in [0.3, 0.4) is 0 Å². The van der Waals surface area contributed by atoms with E-state index in [0.29, 0.717) is 0 Å². The van der Waals surface area contributed by atoms with Crippen molar-refractivity contribution in [3.8, 4) is 11.5 Å². The fourth-order valence-corrected chi connectivity index (χ4v) is 1.54. The zero-order valence-electron chi connectivity index (χ0n) is 8.42. The number of aromatic hydroxyl groups is 1. The van der Waals surface area contributed by atoms with Crippen molar-refractivity contribution in [2.75, 3.05) is 13.7 Å². The Balaban J connectivity index is 3.28. The monoisotopic (exact) mass is 234 g/mol. The third-order valence-electron chi connectivity index (χ3n) is 2.13. The minimum Gasteiger partial charge on any atom is -0.504 e. The van der Waals surface area contributed by atoms with E-state index in [1.807, 2.05) is 0 Å². The maximum absolute atomic E-state index is 13.7. The zero-order valence-corrected chi connectivity index (χ0v) is 9.18. The lowest BCUT2D eigenvalue weighted by molar-refractivity contribution is 0.0866. The summed E-state index contributed by atoms with van der Waals surface area (Å²) in [6.45, 7) is 0.471. The highest BCUT2D eigenvalue weighted by molar-refractivity contribution is 6.31. The van der Waals surface area contributed by atoms with Gasteiger partial charge >= 0.3 is 0 Å². The largest absolute Gasteiger partial charge is 0.504 e. The highest BCUT2D eigenvalue weighted by atomic mass is 35.5. The number of hydrogen-bond acceptors (Lipinski definition) is 3. The summed E-state index contributed by atoms with van der Waals surface area (Å²) in [4.78, 5) is 0. The summed E-state index contributed by atoms with van der Waals surface area (Å²) in [6, 6.07) is 2.46. The highest BCUT2D eigenvalue weighted by Crippen LogP contribution is 2.38. The molecule has 0 aliphatic rings. The van der Waals surface area contributed by atoms with Crippen LogP contribution in [0.2, 0.25) is 5.02 Å². The smallest absolute Gasteiger partial charge is 0.161 e. The van der Waals surface area contributed by atoms with Crippen molar-refractivity contribution in [3.63, 3.8) is 0 Å². The second-order valence-corrected chi connectivity index (χ2v) is 3.77. The summed E-state index contributed by atoms with van der Waals surface area (Å²) in [5.41, 5.74) is -1.95. The molecule has 0 bridgehead atoms. The summed E-state index contributed by atoms with van der Waals surface area (Å²) in [5, 5.41) is 18.4. The van der Waals surface area contributed by atoms with Crippen molar-refractivity contribution in [1.82, 2.24) is 0 Å². The molecule has 1 rings (SSSR count). The maximum Gasteiger partial charge on any atom is 0.161 e. The van der Waals surface area contributed by atoms with Gasteiger partial charge in [-0.3, -0.25) is 0 Å². The van der Waals surface area contributed by atoms with Gasteiger partial charge in [0, 0.05) is 11.6 Å². The lowest BCUT2D eigenvalue weighted by Crippen LogP contribution is -2.20. The van der Waals surface area contributed by atoms with Crippen LogP contribution in [0.1, 0.15) is 12.5 Å². The molecule has 0 fully saturated rings. The number of ether oxygens (including phenoxy) is 1. The second-order valence-electron chi connectivity index (χ2n) is 3.36. The van der Waals surface area contributed by atoms with E-state index in [1.54, 1.807) is 0 Å². The van der Waals surface area contributed by atoms with Crippen LogP contribution in [0.25, 0.3) is 0 Å². The molecule has 0 aromatic heterocycles. The van der Waals surface area contributed by atoms with Gasteiger partial charge in [-0.25, -0.2) is 4.39 Å². The van der Waals surface area contributed by atoms with Gasteiger partial charge in [0.05, 0.1) is 18.7 Å². The van der Waals surface area contributed by atoms with Crippen LogP contribution in [0.5, 0.6) is 11.5 Å². The normalized spacial score (nSPS) is 14.7. The van der Waals surface area contributed by atoms with Crippen LogP contribution in [0.15, 0.2) is 12.1 Å². The number of alkyl halides is 1. The minimum atomic E-state index is -1.99. The van der Waals surface area contributed by atoms with E-state index < -0.39 is 12.3 Å². The Bertz CT molecular complexity index is 366. The van der Waals surface area contributed by atoms with E-state index in [9.17, 15) is 9.50 Å². The van der Waals surface area contributed by atoms with Crippen LogP contribution in [0, 0.1) is 0 Å². The molecule has 1 aromatic carbocycles. The average Bonchev–Trinajstić information content (AvgIpc) is 2.20. The summed E-state index contributed by atoms with van der Waals surface area (Å²) in [5.74, 6) is -0.0493. The molecule has 2 N–H and O–H groups in total. The molecule has 1 aromatic rings. The predicted octanol–water partition coefficient (Wildman–Crippen LogP) is 2.23. The molecular formula is C10H12ClFO3. The quantitative estimate of drug-likeness (QED) is 0.843. The van der Waals surface area contributed by atoms with E-state index in [0.717, 1.165) is 6.07 Å². The van der Waals surface area contributed by atoms with E-state index in [2.05, 4.69) is 0 Å². The first-order valence-electron chi connectivity index (χ1n) is 4.29. The number of methoxy groups -OCH3 is 1. The number of aliphatic hydroxyl groups excluding tert-OH is 1. The molecule has 0 aliphatic heterocycles. The second kappa shape index (κ2) is 4.24. The van der Waals surface area contributed by atoms with Crippen molar-refractivity contribution < 1.29 is 19.3 Å². The van der Waals surface area contributed by atoms with E-state index in [1.165, 1.54) is 20.1 Å². The number of rotatable bonds is 3. The third kappa shape index (κ3) is 2.33. The summed E-state index contributed by atoms with van der Waals surface area (Å²) in [7, 11) is 1.37. The van der Waals surface area contributed by atoms with E-state index in [4.69, 9.17) is 21.4 Å². The van der Waals surface area contributed by atoms with Gasteiger partial charge in [0.25, 0.3) is 0 Å². The first kappa shape index (κ1) is 12.1. The molecule has 0 spiro atoms. The SMILES string of the molecule is COc1cc(Cl)c(C(C)(F)CO)cc1O. The van der Waals surface area contributed by atoms with Gasteiger partial charge in [0.1, 0.15) is 0 Å². The van der Waals surface area contributed by atoms with Gasteiger partial charge in [-0.2, -0.15) is 0 Å². The standard InChI is InChI=1S/C10H12ClFO3/c1-10(12,5-13)6-3-8(14)9(15-2)4-7(6)11/h3-4,13-14H,5H2,1-2H3.